The Morgan fingerprint density at radius 1 is 1.00 bits per heavy atom. The molecule has 0 radical (unpaired) electrons. The van der Waals surface area contributed by atoms with Gasteiger partial charge in [0.1, 0.15) is 0 Å². The lowest BCUT2D eigenvalue weighted by Gasteiger charge is -2.24. The molecule has 0 unspecified atom stereocenters. The third kappa shape index (κ3) is 5.66. The Bertz CT molecular complexity index is 1170. The first-order valence-electron chi connectivity index (χ1n) is 8.73. The molecule has 5 nitrogen and oxygen atoms in total. The van der Waals surface area contributed by atoms with E-state index in [9.17, 15) is 13.2 Å². The summed E-state index contributed by atoms with van der Waals surface area (Å²) < 4.78 is 27.0. The number of amides is 1. The van der Waals surface area contributed by atoms with Gasteiger partial charge in [-0.2, -0.15) is 0 Å². The van der Waals surface area contributed by atoms with Gasteiger partial charge in [-0.15, -0.1) is 0 Å². The van der Waals surface area contributed by atoms with E-state index in [2.05, 4.69) is 27.9 Å². The maximum atomic E-state index is 12.4. The highest BCUT2D eigenvalue weighted by atomic mass is 127. The van der Waals surface area contributed by atoms with Gasteiger partial charge in [0.25, 0.3) is 5.91 Å². The second kappa shape index (κ2) is 9.55. The first-order valence-corrected chi connectivity index (χ1v) is 12.4. The molecule has 0 bridgehead atoms. The van der Waals surface area contributed by atoms with Crippen LogP contribution in [0.15, 0.2) is 66.7 Å². The predicted octanol–water partition coefficient (Wildman–Crippen LogP) is 5.82. The van der Waals surface area contributed by atoms with Crippen molar-refractivity contribution in [2.75, 3.05) is 15.9 Å². The quantitative estimate of drug-likeness (QED) is 0.377. The number of benzene rings is 3. The summed E-state index contributed by atoms with van der Waals surface area (Å²) in [6.07, 6.45) is 1.10. The van der Waals surface area contributed by atoms with Crippen molar-refractivity contribution in [2.45, 2.75) is 6.54 Å². The second-order valence-electron chi connectivity index (χ2n) is 6.50. The maximum absolute atomic E-state index is 12.4. The van der Waals surface area contributed by atoms with Crippen LogP contribution in [-0.4, -0.2) is 20.6 Å². The van der Waals surface area contributed by atoms with Gasteiger partial charge in [0.05, 0.1) is 28.5 Å². The number of halogens is 3. The van der Waals surface area contributed by atoms with Crippen LogP contribution in [0.5, 0.6) is 0 Å². The molecule has 3 aromatic carbocycles. The van der Waals surface area contributed by atoms with Crippen LogP contribution in [0.3, 0.4) is 0 Å². The number of nitrogens with one attached hydrogen (secondary N) is 1. The fourth-order valence-corrected chi connectivity index (χ4v) is 4.43. The van der Waals surface area contributed by atoms with E-state index in [1.807, 2.05) is 24.3 Å². The zero-order valence-electron chi connectivity index (χ0n) is 15.8. The Labute approximate surface area is 199 Å². The lowest BCUT2D eigenvalue weighted by Crippen LogP contribution is -2.29. The number of sulfonamides is 1. The van der Waals surface area contributed by atoms with Crippen LogP contribution in [0.4, 0.5) is 11.4 Å². The van der Waals surface area contributed by atoms with Crippen LogP contribution < -0.4 is 9.62 Å². The molecular formula is C21H17Cl2IN2O3S. The number of rotatable bonds is 6. The van der Waals surface area contributed by atoms with Crippen LogP contribution >= 0.6 is 45.8 Å². The van der Waals surface area contributed by atoms with Gasteiger partial charge in [0.15, 0.2) is 0 Å². The van der Waals surface area contributed by atoms with Crippen molar-refractivity contribution in [1.29, 1.82) is 0 Å². The molecule has 0 fully saturated rings. The minimum Gasteiger partial charge on any atom is -0.322 e. The Balaban J connectivity index is 1.79. The average molecular weight is 575 g/mol. The van der Waals surface area contributed by atoms with E-state index in [0.29, 0.717) is 22.5 Å². The molecule has 30 heavy (non-hydrogen) atoms. The van der Waals surface area contributed by atoms with Crippen LogP contribution in [0.25, 0.3) is 0 Å². The predicted molar refractivity (Wildman–Crippen MR) is 131 cm³/mol. The fourth-order valence-electron chi connectivity index (χ4n) is 2.73. The van der Waals surface area contributed by atoms with Gasteiger partial charge >= 0.3 is 0 Å². The Morgan fingerprint density at radius 2 is 1.63 bits per heavy atom. The van der Waals surface area contributed by atoms with E-state index in [-0.39, 0.29) is 22.5 Å². The summed E-state index contributed by atoms with van der Waals surface area (Å²) in [6.45, 7) is 0.0535. The standard InChI is InChI=1S/C21H17Cl2IN2O3S/c1-30(28,29)26(19-4-2-3-18(22)20(19)23)13-14-5-7-15(8-6-14)21(27)25-17-11-9-16(24)10-12-17/h2-12H,13H2,1H3,(H,25,27). The van der Waals surface area contributed by atoms with Gasteiger partial charge < -0.3 is 5.32 Å². The molecule has 0 aliphatic rings. The SMILES string of the molecule is CS(=O)(=O)N(Cc1ccc(C(=O)Nc2ccc(I)cc2)cc1)c1cccc(Cl)c1Cl. The summed E-state index contributed by atoms with van der Waals surface area (Å²) >= 11 is 14.5. The molecule has 1 N–H and O–H groups in total. The zero-order chi connectivity index (χ0) is 21.9. The number of anilines is 2. The highest BCUT2D eigenvalue weighted by Gasteiger charge is 2.21. The molecule has 0 heterocycles. The molecular weight excluding hydrogens is 558 g/mol. The largest absolute Gasteiger partial charge is 0.322 e. The van der Waals surface area contributed by atoms with Crippen molar-refractivity contribution in [3.63, 3.8) is 0 Å². The summed E-state index contributed by atoms with van der Waals surface area (Å²) in [6, 6.07) is 19.0. The van der Waals surface area contributed by atoms with Crippen molar-refractivity contribution >= 4 is 73.1 Å². The van der Waals surface area contributed by atoms with E-state index in [4.69, 9.17) is 23.2 Å². The molecule has 0 aliphatic carbocycles. The van der Waals surface area contributed by atoms with Crippen LogP contribution in [-0.2, 0) is 16.6 Å². The summed E-state index contributed by atoms with van der Waals surface area (Å²) in [5.41, 5.74) is 2.15. The summed E-state index contributed by atoms with van der Waals surface area (Å²) in [4.78, 5) is 12.4. The molecule has 0 spiro atoms. The minimum atomic E-state index is -3.62. The van der Waals surface area contributed by atoms with Crippen molar-refractivity contribution in [3.8, 4) is 0 Å². The lowest BCUT2D eigenvalue weighted by atomic mass is 10.1. The molecule has 3 rings (SSSR count). The second-order valence-corrected chi connectivity index (χ2v) is 10.4. The van der Waals surface area contributed by atoms with Gasteiger partial charge in [-0.3, -0.25) is 9.10 Å². The van der Waals surface area contributed by atoms with Crippen molar-refractivity contribution in [1.82, 2.24) is 0 Å². The fraction of sp³-hybridized carbons (Fsp3) is 0.0952. The number of carbonyl (C=O) groups is 1. The van der Waals surface area contributed by atoms with Crippen LogP contribution in [0.1, 0.15) is 15.9 Å². The monoisotopic (exact) mass is 574 g/mol. The van der Waals surface area contributed by atoms with E-state index < -0.39 is 10.0 Å². The van der Waals surface area contributed by atoms with Gasteiger partial charge in [0.2, 0.25) is 10.0 Å². The summed E-state index contributed by atoms with van der Waals surface area (Å²) in [7, 11) is -3.62. The Kier molecular flexibility index (Phi) is 7.28. The van der Waals surface area contributed by atoms with Crippen molar-refractivity contribution in [3.05, 3.63) is 91.5 Å². The van der Waals surface area contributed by atoms with Gasteiger partial charge in [-0.1, -0.05) is 41.4 Å². The van der Waals surface area contributed by atoms with Gasteiger partial charge in [-0.25, -0.2) is 8.42 Å². The molecule has 0 saturated carbocycles. The van der Waals surface area contributed by atoms with Gasteiger partial charge in [-0.05, 0) is 76.7 Å². The molecule has 0 aliphatic heterocycles. The minimum absolute atomic E-state index is 0.0535. The molecule has 9 heteroatoms. The topological polar surface area (TPSA) is 66.5 Å². The van der Waals surface area contributed by atoms with Crippen molar-refractivity contribution in [2.24, 2.45) is 0 Å². The number of hydrogen-bond donors (Lipinski definition) is 1. The highest BCUT2D eigenvalue weighted by Crippen LogP contribution is 2.34. The zero-order valence-corrected chi connectivity index (χ0v) is 20.3. The third-order valence-electron chi connectivity index (χ3n) is 4.24. The number of hydrogen-bond acceptors (Lipinski definition) is 3. The molecule has 156 valence electrons. The average Bonchev–Trinajstić information content (AvgIpc) is 2.70. The summed E-state index contributed by atoms with van der Waals surface area (Å²) in [5.74, 6) is -0.249. The van der Waals surface area contributed by atoms with Crippen LogP contribution in [0.2, 0.25) is 10.0 Å². The molecule has 3 aromatic rings. The lowest BCUT2D eigenvalue weighted by molar-refractivity contribution is 0.102. The Hall–Kier alpha value is -1.81. The normalized spacial score (nSPS) is 11.2. The van der Waals surface area contributed by atoms with E-state index in [1.165, 1.54) is 4.31 Å². The molecule has 0 aromatic heterocycles. The summed E-state index contributed by atoms with van der Waals surface area (Å²) in [5, 5.41) is 3.26. The van der Waals surface area contributed by atoms with E-state index in [1.54, 1.807) is 42.5 Å². The van der Waals surface area contributed by atoms with E-state index >= 15 is 0 Å². The first-order chi connectivity index (χ1) is 14.1. The molecule has 0 atom stereocenters. The molecule has 0 saturated heterocycles. The van der Waals surface area contributed by atoms with Crippen molar-refractivity contribution < 1.29 is 13.2 Å². The maximum Gasteiger partial charge on any atom is 0.255 e. The number of nitrogens with zero attached hydrogens (tertiary/aromatic N) is 1. The highest BCUT2D eigenvalue weighted by molar-refractivity contribution is 14.1. The van der Waals surface area contributed by atoms with Crippen LogP contribution in [0, 0.1) is 3.57 Å². The number of carbonyl (C=O) groups excluding carboxylic acids is 1. The Morgan fingerprint density at radius 3 is 2.23 bits per heavy atom. The first kappa shape index (κ1) is 22.9. The van der Waals surface area contributed by atoms with Gasteiger partial charge in [0, 0.05) is 14.8 Å². The third-order valence-corrected chi connectivity index (χ3v) is 6.90. The molecule has 1 amide bonds. The van der Waals surface area contributed by atoms with E-state index in [0.717, 1.165) is 9.83 Å². The smallest absolute Gasteiger partial charge is 0.255 e.